The number of thioether (sulfide) groups is 1. The summed E-state index contributed by atoms with van der Waals surface area (Å²) in [6.45, 7) is -0.176. The monoisotopic (exact) mass is 325 g/mol. The maximum Gasteiger partial charge on any atom is 0.262 e. The SMILES string of the molecule is CSc1ccccc1NC(=O)COc1ccc(F)c(Cl)c1. The molecule has 2 aromatic rings. The van der Waals surface area contributed by atoms with Crippen LogP contribution in [0.5, 0.6) is 5.75 Å². The van der Waals surface area contributed by atoms with Gasteiger partial charge in [0.25, 0.3) is 5.91 Å². The van der Waals surface area contributed by atoms with Gasteiger partial charge in [-0.1, -0.05) is 23.7 Å². The summed E-state index contributed by atoms with van der Waals surface area (Å²) >= 11 is 7.18. The predicted molar refractivity (Wildman–Crippen MR) is 83.8 cm³/mol. The number of hydrogen-bond donors (Lipinski definition) is 1. The minimum Gasteiger partial charge on any atom is -0.484 e. The van der Waals surface area contributed by atoms with Gasteiger partial charge in [-0.3, -0.25) is 4.79 Å². The highest BCUT2D eigenvalue weighted by atomic mass is 35.5. The summed E-state index contributed by atoms with van der Waals surface area (Å²) < 4.78 is 18.3. The number of nitrogens with one attached hydrogen (secondary N) is 1. The van der Waals surface area contributed by atoms with E-state index in [-0.39, 0.29) is 17.5 Å². The van der Waals surface area contributed by atoms with Crippen LogP contribution in [-0.2, 0) is 4.79 Å². The third kappa shape index (κ3) is 4.37. The van der Waals surface area contributed by atoms with Crippen molar-refractivity contribution < 1.29 is 13.9 Å². The molecule has 110 valence electrons. The van der Waals surface area contributed by atoms with Crippen molar-refractivity contribution in [2.45, 2.75) is 4.90 Å². The van der Waals surface area contributed by atoms with Gasteiger partial charge in [0.05, 0.1) is 10.7 Å². The van der Waals surface area contributed by atoms with Crippen LogP contribution in [0.25, 0.3) is 0 Å². The standard InChI is InChI=1S/C15H13ClFNO2S/c1-21-14-5-3-2-4-13(14)18-15(19)9-20-10-6-7-12(17)11(16)8-10/h2-8H,9H2,1H3,(H,18,19). The molecule has 0 unspecified atom stereocenters. The molecule has 3 nitrogen and oxygen atoms in total. The summed E-state index contributed by atoms with van der Waals surface area (Å²) in [5, 5.41) is 2.72. The van der Waals surface area contributed by atoms with E-state index < -0.39 is 5.82 Å². The average Bonchev–Trinajstić information content (AvgIpc) is 2.49. The molecule has 0 aliphatic carbocycles. The normalized spacial score (nSPS) is 10.2. The molecule has 0 saturated heterocycles. The molecule has 0 radical (unpaired) electrons. The van der Waals surface area contributed by atoms with Crippen LogP contribution in [0.3, 0.4) is 0 Å². The molecule has 0 saturated carbocycles. The van der Waals surface area contributed by atoms with E-state index in [0.29, 0.717) is 5.75 Å². The van der Waals surface area contributed by atoms with Gasteiger partial charge in [0.2, 0.25) is 0 Å². The van der Waals surface area contributed by atoms with E-state index in [0.717, 1.165) is 10.6 Å². The van der Waals surface area contributed by atoms with Gasteiger partial charge in [0.1, 0.15) is 11.6 Å². The summed E-state index contributed by atoms with van der Waals surface area (Å²) in [5.74, 6) is -0.478. The van der Waals surface area contributed by atoms with Gasteiger partial charge in [-0.15, -0.1) is 11.8 Å². The Morgan fingerprint density at radius 3 is 2.81 bits per heavy atom. The fraction of sp³-hybridized carbons (Fsp3) is 0.133. The van der Waals surface area contributed by atoms with Gasteiger partial charge in [0, 0.05) is 11.0 Å². The molecule has 0 bridgehead atoms. The first-order chi connectivity index (χ1) is 10.1. The first kappa shape index (κ1) is 15.7. The predicted octanol–water partition coefficient (Wildman–Crippen LogP) is 4.22. The number of anilines is 1. The Balaban J connectivity index is 1.94. The first-order valence-corrected chi connectivity index (χ1v) is 7.71. The minimum absolute atomic E-state index is 0.0411. The molecule has 0 atom stereocenters. The van der Waals surface area contributed by atoms with Gasteiger partial charge in [-0.05, 0) is 30.5 Å². The lowest BCUT2D eigenvalue weighted by molar-refractivity contribution is -0.118. The van der Waals surface area contributed by atoms with E-state index in [9.17, 15) is 9.18 Å². The minimum atomic E-state index is -0.526. The molecule has 0 aromatic heterocycles. The van der Waals surface area contributed by atoms with Crippen LogP contribution >= 0.6 is 23.4 Å². The van der Waals surface area contributed by atoms with Gasteiger partial charge < -0.3 is 10.1 Å². The van der Waals surface area contributed by atoms with Crippen molar-refractivity contribution in [3.8, 4) is 5.75 Å². The van der Waals surface area contributed by atoms with E-state index in [1.54, 1.807) is 11.8 Å². The van der Waals surface area contributed by atoms with E-state index >= 15 is 0 Å². The van der Waals surface area contributed by atoms with Crippen molar-refractivity contribution in [1.29, 1.82) is 0 Å². The van der Waals surface area contributed by atoms with Gasteiger partial charge in [0.15, 0.2) is 6.61 Å². The maximum absolute atomic E-state index is 13.0. The van der Waals surface area contributed by atoms with Gasteiger partial charge in [-0.25, -0.2) is 4.39 Å². The number of carbonyl (C=O) groups excluding carboxylic acids is 1. The smallest absolute Gasteiger partial charge is 0.262 e. The molecular formula is C15H13ClFNO2S. The first-order valence-electron chi connectivity index (χ1n) is 6.11. The second-order valence-corrected chi connectivity index (χ2v) is 5.37. The maximum atomic E-state index is 13.0. The number of para-hydroxylation sites is 1. The lowest BCUT2D eigenvalue weighted by atomic mass is 10.3. The number of carbonyl (C=O) groups is 1. The average molecular weight is 326 g/mol. The number of amides is 1. The summed E-state index contributed by atoms with van der Waals surface area (Å²) in [6.07, 6.45) is 1.93. The summed E-state index contributed by atoms with van der Waals surface area (Å²) in [6, 6.07) is 11.4. The molecule has 0 aliphatic heterocycles. The van der Waals surface area contributed by atoms with Crippen LogP contribution in [0.15, 0.2) is 47.4 Å². The third-order valence-electron chi connectivity index (χ3n) is 2.64. The number of hydrogen-bond acceptors (Lipinski definition) is 3. The second-order valence-electron chi connectivity index (χ2n) is 4.11. The van der Waals surface area contributed by atoms with Crippen molar-refractivity contribution in [1.82, 2.24) is 0 Å². The van der Waals surface area contributed by atoms with Crippen LogP contribution in [-0.4, -0.2) is 18.8 Å². The molecule has 6 heteroatoms. The van der Waals surface area contributed by atoms with E-state index in [2.05, 4.69) is 5.32 Å². The molecule has 2 rings (SSSR count). The van der Waals surface area contributed by atoms with Crippen molar-refractivity contribution in [2.75, 3.05) is 18.2 Å². The number of rotatable bonds is 5. The highest BCUT2D eigenvalue weighted by molar-refractivity contribution is 7.98. The molecule has 21 heavy (non-hydrogen) atoms. The lowest BCUT2D eigenvalue weighted by Gasteiger charge is -2.10. The van der Waals surface area contributed by atoms with Crippen LogP contribution in [0, 0.1) is 5.82 Å². The molecule has 0 spiro atoms. The molecule has 1 amide bonds. The Bertz CT molecular complexity index is 651. The van der Waals surface area contributed by atoms with E-state index in [4.69, 9.17) is 16.3 Å². The van der Waals surface area contributed by atoms with Crippen LogP contribution in [0.4, 0.5) is 10.1 Å². The summed E-state index contributed by atoms with van der Waals surface area (Å²) in [5.41, 5.74) is 0.732. The van der Waals surface area contributed by atoms with E-state index in [1.165, 1.54) is 18.2 Å². The highest BCUT2D eigenvalue weighted by Gasteiger charge is 2.08. The Morgan fingerprint density at radius 2 is 2.10 bits per heavy atom. The molecule has 0 heterocycles. The van der Waals surface area contributed by atoms with Crippen LogP contribution in [0.1, 0.15) is 0 Å². The highest BCUT2D eigenvalue weighted by Crippen LogP contribution is 2.24. The number of halogens is 2. The molecule has 0 aliphatic rings. The van der Waals surface area contributed by atoms with Crippen molar-refractivity contribution in [2.24, 2.45) is 0 Å². The van der Waals surface area contributed by atoms with Crippen molar-refractivity contribution in [3.05, 3.63) is 53.3 Å². The van der Waals surface area contributed by atoms with Gasteiger partial charge >= 0.3 is 0 Å². The van der Waals surface area contributed by atoms with E-state index in [1.807, 2.05) is 30.5 Å². The Kier molecular flexibility index (Phi) is 5.47. The topological polar surface area (TPSA) is 38.3 Å². The van der Waals surface area contributed by atoms with Gasteiger partial charge in [-0.2, -0.15) is 0 Å². The van der Waals surface area contributed by atoms with Crippen LogP contribution < -0.4 is 10.1 Å². The quantitative estimate of drug-likeness (QED) is 0.836. The fourth-order valence-corrected chi connectivity index (χ4v) is 2.37. The molecule has 0 fully saturated rings. The third-order valence-corrected chi connectivity index (χ3v) is 3.73. The second kappa shape index (κ2) is 7.33. The summed E-state index contributed by atoms with van der Waals surface area (Å²) in [7, 11) is 0. The van der Waals surface area contributed by atoms with Crippen molar-refractivity contribution in [3.63, 3.8) is 0 Å². The molecule has 2 aromatic carbocycles. The number of benzene rings is 2. The molecular weight excluding hydrogens is 313 g/mol. The van der Waals surface area contributed by atoms with Crippen LogP contribution in [0.2, 0.25) is 5.02 Å². The fourth-order valence-electron chi connectivity index (χ4n) is 1.65. The summed E-state index contributed by atoms with van der Waals surface area (Å²) in [4.78, 5) is 12.8. The zero-order valence-corrected chi connectivity index (χ0v) is 12.8. The largest absolute Gasteiger partial charge is 0.484 e. The lowest BCUT2D eigenvalue weighted by Crippen LogP contribution is -2.20. The Hall–Kier alpha value is -1.72. The zero-order valence-electron chi connectivity index (χ0n) is 11.2. The van der Waals surface area contributed by atoms with Crippen molar-refractivity contribution >= 4 is 35.0 Å². The zero-order chi connectivity index (χ0) is 15.2. The molecule has 1 N–H and O–H groups in total. The Labute approximate surface area is 131 Å². The number of ether oxygens (including phenoxy) is 1. The Morgan fingerprint density at radius 1 is 1.33 bits per heavy atom.